The first-order chi connectivity index (χ1) is 10.1. The maximum absolute atomic E-state index is 12.0. The van der Waals surface area contributed by atoms with Crippen LogP contribution in [0.5, 0.6) is 0 Å². The van der Waals surface area contributed by atoms with Gasteiger partial charge in [0.25, 0.3) is 5.56 Å². The highest BCUT2D eigenvalue weighted by Gasteiger charge is 2.14. The van der Waals surface area contributed by atoms with E-state index in [0.717, 1.165) is 17.1 Å². The molecule has 3 rings (SSSR count). The average Bonchev–Trinajstić information content (AvgIpc) is 2.90. The molecule has 1 aromatic carbocycles. The number of carbonyl (C=O) groups excluding carboxylic acids is 1. The van der Waals surface area contributed by atoms with Gasteiger partial charge >= 0.3 is 5.69 Å². The molecule has 0 saturated heterocycles. The lowest BCUT2D eigenvalue weighted by Crippen LogP contribution is -2.25. The van der Waals surface area contributed by atoms with Crippen molar-refractivity contribution < 1.29 is 9.21 Å². The minimum atomic E-state index is -0.687. The second-order valence-corrected chi connectivity index (χ2v) is 5.14. The number of thioether (sulfide) groups is 1. The van der Waals surface area contributed by atoms with E-state index in [0.29, 0.717) is 5.58 Å². The third-order valence-electron chi connectivity index (χ3n) is 2.72. The predicted molar refractivity (Wildman–Crippen MR) is 76.7 cm³/mol. The number of carbonyl (C=O) groups is 1. The van der Waals surface area contributed by atoms with Crippen LogP contribution in [-0.4, -0.2) is 26.7 Å². The Morgan fingerprint density at radius 2 is 2.10 bits per heavy atom. The van der Waals surface area contributed by atoms with Crippen LogP contribution in [0.3, 0.4) is 0 Å². The van der Waals surface area contributed by atoms with E-state index >= 15 is 0 Å². The Kier molecular flexibility index (Phi) is 3.44. The molecule has 0 unspecified atom stereocenters. The topological polar surface area (TPSA) is 109 Å². The third kappa shape index (κ3) is 2.79. The Labute approximate surface area is 121 Å². The maximum atomic E-state index is 12.0. The molecule has 0 bridgehead atoms. The van der Waals surface area contributed by atoms with Crippen LogP contribution in [-0.2, 0) is 0 Å². The second kappa shape index (κ2) is 5.41. The van der Waals surface area contributed by atoms with E-state index in [2.05, 4.69) is 10.2 Å². The molecule has 0 aliphatic carbocycles. The van der Waals surface area contributed by atoms with Gasteiger partial charge in [0, 0.05) is 5.39 Å². The van der Waals surface area contributed by atoms with Gasteiger partial charge in [-0.15, -0.1) is 0 Å². The largest absolute Gasteiger partial charge is 0.453 e. The third-order valence-corrected chi connectivity index (χ3v) is 3.68. The van der Waals surface area contributed by atoms with E-state index < -0.39 is 11.2 Å². The van der Waals surface area contributed by atoms with Crippen molar-refractivity contribution in [1.82, 2.24) is 15.2 Å². The van der Waals surface area contributed by atoms with Crippen LogP contribution in [0.25, 0.3) is 11.0 Å². The molecule has 0 saturated carbocycles. The molecule has 2 N–H and O–H groups in total. The number of rotatable bonds is 4. The summed E-state index contributed by atoms with van der Waals surface area (Å²) in [4.78, 5) is 36.4. The standard InChI is InChI=1S/C13H9N3O4S/c17-8(6-21-12-11(18)14-13(19)16-15-12)10-5-7-3-1-2-4-9(7)20-10/h1-5H,6H2,(H2,14,16,18,19). The number of Topliss-reactive ketones (excluding diaryl/α,β-unsaturated/α-hetero) is 1. The fourth-order valence-corrected chi connectivity index (χ4v) is 2.46. The molecule has 0 aliphatic rings. The fourth-order valence-electron chi connectivity index (χ4n) is 1.76. The highest BCUT2D eigenvalue weighted by atomic mass is 32.2. The van der Waals surface area contributed by atoms with Gasteiger partial charge in [-0.3, -0.25) is 14.6 Å². The Morgan fingerprint density at radius 3 is 2.86 bits per heavy atom. The van der Waals surface area contributed by atoms with E-state index in [-0.39, 0.29) is 22.3 Å². The first kappa shape index (κ1) is 13.4. The minimum Gasteiger partial charge on any atom is -0.453 e. The number of aromatic nitrogens is 3. The molecule has 2 heterocycles. The molecule has 0 aliphatic heterocycles. The highest BCUT2D eigenvalue weighted by Crippen LogP contribution is 2.21. The number of furan rings is 1. The summed E-state index contributed by atoms with van der Waals surface area (Å²) in [6.07, 6.45) is 0. The summed E-state index contributed by atoms with van der Waals surface area (Å²) in [6.45, 7) is 0. The van der Waals surface area contributed by atoms with Crippen LogP contribution in [0.15, 0.2) is 49.4 Å². The van der Waals surface area contributed by atoms with Gasteiger partial charge in [-0.05, 0) is 12.1 Å². The lowest BCUT2D eigenvalue weighted by molar-refractivity contribution is 0.0994. The minimum absolute atomic E-state index is 0.0120. The number of hydrogen-bond acceptors (Lipinski definition) is 6. The molecule has 8 heteroatoms. The zero-order chi connectivity index (χ0) is 14.8. The first-order valence-electron chi connectivity index (χ1n) is 5.97. The molecule has 106 valence electrons. The molecular weight excluding hydrogens is 294 g/mol. The summed E-state index contributed by atoms with van der Waals surface area (Å²) in [5, 5.41) is 6.56. The lowest BCUT2D eigenvalue weighted by atomic mass is 10.2. The van der Waals surface area contributed by atoms with Gasteiger partial charge in [-0.2, -0.15) is 5.10 Å². The number of H-pyrrole nitrogens is 2. The zero-order valence-electron chi connectivity index (χ0n) is 10.6. The normalized spacial score (nSPS) is 10.9. The van der Waals surface area contributed by atoms with Crippen molar-refractivity contribution in [1.29, 1.82) is 0 Å². The number of ketones is 1. The maximum Gasteiger partial charge on any atom is 0.342 e. The Bertz CT molecular complexity index is 892. The van der Waals surface area contributed by atoms with E-state index in [9.17, 15) is 14.4 Å². The number of nitrogens with one attached hydrogen (secondary N) is 2. The molecule has 7 nitrogen and oxygen atoms in total. The average molecular weight is 303 g/mol. The van der Waals surface area contributed by atoms with Gasteiger partial charge in [0.2, 0.25) is 5.78 Å². The molecule has 0 fully saturated rings. The van der Waals surface area contributed by atoms with Gasteiger partial charge in [-0.25, -0.2) is 9.89 Å². The van der Waals surface area contributed by atoms with E-state index in [1.54, 1.807) is 12.1 Å². The molecule has 0 radical (unpaired) electrons. The molecule has 2 aromatic heterocycles. The van der Waals surface area contributed by atoms with Crippen molar-refractivity contribution in [2.75, 3.05) is 5.75 Å². The monoisotopic (exact) mass is 303 g/mol. The number of fused-ring (bicyclic) bond motifs is 1. The molecular formula is C13H9N3O4S. The number of para-hydroxylation sites is 1. The number of aromatic amines is 2. The van der Waals surface area contributed by atoms with Crippen molar-refractivity contribution in [2.45, 2.75) is 5.03 Å². The van der Waals surface area contributed by atoms with Gasteiger partial charge in [-0.1, -0.05) is 30.0 Å². The van der Waals surface area contributed by atoms with Gasteiger partial charge in [0.05, 0.1) is 5.75 Å². The van der Waals surface area contributed by atoms with E-state index in [1.807, 2.05) is 23.2 Å². The molecule has 0 atom stereocenters. The van der Waals surface area contributed by atoms with Crippen molar-refractivity contribution in [3.63, 3.8) is 0 Å². The van der Waals surface area contributed by atoms with Crippen LogP contribution < -0.4 is 11.2 Å². The van der Waals surface area contributed by atoms with Crippen molar-refractivity contribution >= 4 is 28.5 Å². The predicted octanol–water partition coefficient (Wildman–Crippen LogP) is 1.18. The van der Waals surface area contributed by atoms with Crippen molar-refractivity contribution in [2.24, 2.45) is 0 Å². The SMILES string of the molecule is O=C(CSc1n[nH]c(=O)[nH]c1=O)c1cc2ccccc2o1. The summed E-state index contributed by atoms with van der Waals surface area (Å²) in [7, 11) is 0. The van der Waals surface area contributed by atoms with Gasteiger partial charge in [0.1, 0.15) is 5.58 Å². The zero-order valence-corrected chi connectivity index (χ0v) is 11.4. The molecule has 0 spiro atoms. The first-order valence-corrected chi connectivity index (χ1v) is 6.95. The quantitative estimate of drug-likeness (QED) is 0.553. The Hall–Kier alpha value is -2.61. The molecule has 21 heavy (non-hydrogen) atoms. The summed E-state index contributed by atoms with van der Waals surface area (Å²) in [5.74, 6) is -0.0461. The summed E-state index contributed by atoms with van der Waals surface area (Å²) in [5.41, 5.74) is -0.681. The smallest absolute Gasteiger partial charge is 0.342 e. The van der Waals surface area contributed by atoms with E-state index in [4.69, 9.17) is 4.42 Å². The summed E-state index contributed by atoms with van der Waals surface area (Å²) < 4.78 is 5.44. The van der Waals surface area contributed by atoms with Crippen molar-refractivity contribution in [3.8, 4) is 0 Å². The Morgan fingerprint density at radius 1 is 1.29 bits per heavy atom. The highest BCUT2D eigenvalue weighted by molar-refractivity contribution is 7.99. The van der Waals surface area contributed by atoms with Gasteiger partial charge in [0.15, 0.2) is 10.8 Å². The van der Waals surface area contributed by atoms with E-state index in [1.165, 1.54) is 0 Å². The van der Waals surface area contributed by atoms with Gasteiger partial charge < -0.3 is 4.42 Å². The number of hydrogen-bond donors (Lipinski definition) is 2. The number of nitrogens with zero attached hydrogens (tertiary/aromatic N) is 1. The fraction of sp³-hybridized carbons (Fsp3) is 0.0769. The molecule has 3 aromatic rings. The second-order valence-electron chi connectivity index (χ2n) is 4.17. The molecule has 0 amide bonds. The van der Waals surface area contributed by atoms with Crippen LogP contribution >= 0.6 is 11.8 Å². The summed E-state index contributed by atoms with van der Waals surface area (Å²) in [6, 6.07) is 8.94. The van der Waals surface area contributed by atoms with Crippen molar-refractivity contribution in [3.05, 3.63) is 56.9 Å². The Balaban J connectivity index is 1.77. The van der Waals surface area contributed by atoms with Crippen LogP contribution in [0.2, 0.25) is 0 Å². The van der Waals surface area contributed by atoms with Crippen LogP contribution in [0.1, 0.15) is 10.6 Å². The van der Waals surface area contributed by atoms with Crippen LogP contribution in [0.4, 0.5) is 0 Å². The lowest BCUT2D eigenvalue weighted by Gasteiger charge is -1.96. The summed E-state index contributed by atoms with van der Waals surface area (Å²) >= 11 is 0.934. The van der Waals surface area contributed by atoms with Crippen LogP contribution in [0, 0.1) is 0 Å². The number of benzene rings is 1.